The third-order valence-electron chi connectivity index (χ3n) is 3.68. The summed E-state index contributed by atoms with van der Waals surface area (Å²) in [4.78, 5) is 29.7. The van der Waals surface area contributed by atoms with Gasteiger partial charge in [0, 0.05) is 0 Å². The Morgan fingerprint density at radius 1 is 0.840 bits per heavy atom. The summed E-state index contributed by atoms with van der Waals surface area (Å²) in [5, 5.41) is 21.5. The molecule has 0 saturated carbocycles. The number of nitrogens with zero attached hydrogens (tertiary/aromatic N) is 2. The van der Waals surface area contributed by atoms with E-state index in [-0.39, 0.29) is 6.42 Å². The van der Waals surface area contributed by atoms with Crippen molar-refractivity contribution in [1.82, 2.24) is 0 Å². The Bertz CT molecular complexity index is 484. The highest BCUT2D eigenvalue weighted by atomic mass is 16.7. The predicted molar refractivity (Wildman–Crippen MR) is 97.1 cm³/mol. The lowest BCUT2D eigenvalue weighted by atomic mass is 10.1. The van der Waals surface area contributed by atoms with E-state index in [4.69, 9.17) is 0 Å². The molecule has 0 unspecified atom stereocenters. The minimum absolute atomic E-state index is 0.178. The molecule has 0 saturated heterocycles. The van der Waals surface area contributed by atoms with Gasteiger partial charge in [0.1, 0.15) is 9.85 Å². The van der Waals surface area contributed by atoms with Crippen molar-refractivity contribution >= 4 is 6.29 Å². The number of hydrogen-bond acceptors (Lipinski definition) is 5. The molecule has 0 N–H and O–H groups in total. The highest BCUT2D eigenvalue weighted by Crippen LogP contribution is 2.17. The Balaban J connectivity index is 3.92. The van der Waals surface area contributed by atoms with Gasteiger partial charge >= 0.3 is 11.9 Å². The fraction of sp³-hybridized carbons (Fsp3) is 0.611. The number of allylic oxidation sites excluding steroid dienone is 6. The van der Waals surface area contributed by atoms with E-state index < -0.39 is 21.9 Å². The van der Waals surface area contributed by atoms with Crippen LogP contribution in [-0.2, 0) is 4.79 Å². The molecule has 0 amide bonds. The van der Waals surface area contributed by atoms with Gasteiger partial charge in [0.2, 0.25) is 0 Å². The standard InChI is InChI=1S/C18H27N2O5/c1-2-3-4-5-6-7-8-9-10-11-12-13-14-15-16-18(17-21,19(22)23)20(24)25/h6-7,9-10,12-13H,2-5,8,11,14-16H2,1H3/b7-6+,10-9+,13-12+. The summed E-state index contributed by atoms with van der Waals surface area (Å²) < 4.78 is 0. The van der Waals surface area contributed by atoms with Crippen LogP contribution in [0.1, 0.15) is 64.7 Å². The molecule has 0 fully saturated rings. The largest absolute Gasteiger partial charge is 0.523 e. The maximum atomic E-state index is 10.7. The molecule has 1 radical (unpaired) electrons. The topological polar surface area (TPSA) is 103 Å². The van der Waals surface area contributed by atoms with Crippen molar-refractivity contribution in [3.8, 4) is 0 Å². The van der Waals surface area contributed by atoms with Crippen LogP contribution in [0.5, 0.6) is 0 Å². The first-order valence-electron chi connectivity index (χ1n) is 8.64. The maximum absolute atomic E-state index is 10.7. The Morgan fingerprint density at radius 3 is 1.76 bits per heavy atom. The van der Waals surface area contributed by atoms with Crippen LogP contribution < -0.4 is 0 Å². The molecule has 7 heteroatoms. The molecule has 0 aliphatic carbocycles. The summed E-state index contributed by atoms with van der Waals surface area (Å²) in [6.45, 7) is 2.18. The lowest BCUT2D eigenvalue weighted by molar-refractivity contribution is -0.772. The third kappa shape index (κ3) is 9.54. The minimum atomic E-state index is -2.84. The average molecular weight is 351 g/mol. The molecular weight excluding hydrogens is 324 g/mol. The second-order valence-corrected chi connectivity index (χ2v) is 5.71. The van der Waals surface area contributed by atoms with Crippen molar-refractivity contribution in [3.05, 3.63) is 56.7 Å². The Morgan fingerprint density at radius 2 is 1.32 bits per heavy atom. The van der Waals surface area contributed by atoms with Crippen molar-refractivity contribution in [2.75, 3.05) is 0 Å². The molecule has 0 aliphatic heterocycles. The van der Waals surface area contributed by atoms with Gasteiger partial charge in [-0.2, -0.15) is 0 Å². The minimum Gasteiger partial charge on any atom is -0.273 e. The fourth-order valence-electron chi connectivity index (χ4n) is 2.13. The van der Waals surface area contributed by atoms with Crippen LogP contribution in [0.25, 0.3) is 0 Å². The van der Waals surface area contributed by atoms with Gasteiger partial charge in [-0.3, -0.25) is 25.0 Å². The van der Waals surface area contributed by atoms with Gasteiger partial charge in [-0.1, -0.05) is 56.2 Å². The third-order valence-corrected chi connectivity index (χ3v) is 3.68. The van der Waals surface area contributed by atoms with Crippen LogP contribution in [0, 0.1) is 20.2 Å². The predicted octanol–water partition coefficient (Wildman–Crippen LogP) is 4.55. The first kappa shape index (κ1) is 22.7. The SMILES string of the molecule is CCCCC/C=C/C/C=C/C/C=C/CCCC([C]=O)([N+](=O)[O-])[N+](=O)[O-]. The Hall–Kier alpha value is -2.31. The number of hydrogen-bond donors (Lipinski definition) is 0. The first-order chi connectivity index (χ1) is 12.0. The fourth-order valence-corrected chi connectivity index (χ4v) is 2.13. The molecule has 0 aromatic carbocycles. The second-order valence-electron chi connectivity index (χ2n) is 5.71. The highest BCUT2D eigenvalue weighted by molar-refractivity contribution is 5.59. The normalized spacial score (nSPS) is 12.4. The van der Waals surface area contributed by atoms with E-state index in [1.165, 1.54) is 19.3 Å². The number of unbranched alkanes of at least 4 members (excludes halogenated alkanes) is 4. The van der Waals surface area contributed by atoms with E-state index in [0.29, 0.717) is 6.42 Å². The molecule has 0 bridgehead atoms. The summed E-state index contributed by atoms with van der Waals surface area (Å²) in [5.41, 5.74) is -2.84. The molecule has 0 aromatic rings. The van der Waals surface area contributed by atoms with Crippen molar-refractivity contribution < 1.29 is 14.6 Å². The molecular formula is C18H27N2O5. The first-order valence-corrected chi connectivity index (χ1v) is 8.64. The van der Waals surface area contributed by atoms with Gasteiger partial charge in [0.15, 0.2) is 0 Å². The summed E-state index contributed by atoms with van der Waals surface area (Å²) in [6, 6.07) is 0. The van der Waals surface area contributed by atoms with E-state index in [0.717, 1.165) is 25.5 Å². The number of carbonyl (C=O) groups excluding carboxylic acids is 1. The molecule has 7 nitrogen and oxygen atoms in total. The van der Waals surface area contributed by atoms with Crippen LogP contribution >= 0.6 is 0 Å². The van der Waals surface area contributed by atoms with Crippen molar-refractivity contribution in [2.45, 2.75) is 70.4 Å². The molecule has 0 rings (SSSR count). The molecule has 0 spiro atoms. The van der Waals surface area contributed by atoms with E-state index in [1.54, 1.807) is 6.08 Å². The van der Waals surface area contributed by atoms with E-state index in [2.05, 4.69) is 25.2 Å². The summed E-state index contributed by atoms with van der Waals surface area (Å²) in [7, 11) is 0. The zero-order chi connectivity index (χ0) is 19.0. The molecule has 0 atom stereocenters. The van der Waals surface area contributed by atoms with Gasteiger partial charge in [-0.15, -0.1) is 0 Å². The summed E-state index contributed by atoms with van der Waals surface area (Å²) >= 11 is 0. The van der Waals surface area contributed by atoms with Crippen LogP contribution in [0.4, 0.5) is 0 Å². The summed E-state index contributed by atoms with van der Waals surface area (Å²) in [6.07, 6.45) is 19.7. The zero-order valence-corrected chi connectivity index (χ0v) is 14.8. The number of rotatable bonds is 15. The van der Waals surface area contributed by atoms with Gasteiger partial charge in [-0.05, 0) is 38.5 Å². The van der Waals surface area contributed by atoms with Gasteiger partial charge in [0.05, 0.1) is 6.42 Å². The second kappa shape index (κ2) is 14.1. The van der Waals surface area contributed by atoms with Gasteiger partial charge < -0.3 is 0 Å². The quantitative estimate of drug-likeness (QED) is 0.142. The van der Waals surface area contributed by atoms with Gasteiger partial charge in [-0.25, -0.2) is 0 Å². The van der Waals surface area contributed by atoms with Gasteiger partial charge in [0.25, 0.3) is 0 Å². The van der Waals surface area contributed by atoms with Crippen LogP contribution in [-0.4, -0.2) is 21.8 Å². The molecule has 25 heavy (non-hydrogen) atoms. The lowest BCUT2D eigenvalue weighted by Gasteiger charge is -2.08. The molecule has 0 heterocycles. The van der Waals surface area contributed by atoms with Crippen LogP contribution in [0.15, 0.2) is 36.5 Å². The number of nitro groups is 2. The van der Waals surface area contributed by atoms with Crippen molar-refractivity contribution in [3.63, 3.8) is 0 Å². The van der Waals surface area contributed by atoms with E-state index >= 15 is 0 Å². The van der Waals surface area contributed by atoms with E-state index in [9.17, 15) is 25.0 Å². The van der Waals surface area contributed by atoms with Crippen LogP contribution in [0.3, 0.4) is 0 Å². The van der Waals surface area contributed by atoms with Crippen LogP contribution in [0.2, 0.25) is 0 Å². The van der Waals surface area contributed by atoms with Crippen molar-refractivity contribution in [2.24, 2.45) is 0 Å². The van der Waals surface area contributed by atoms with E-state index in [1.807, 2.05) is 12.2 Å². The lowest BCUT2D eigenvalue weighted by Crippen LogP contribution is -2.47. The highest BCUT2D eigenvalue weighted by Gasteiger charge is 2.57. The van der Waals surface area contributed by atoms with Crippen molar-refractivity contribution in [1.29, 1.82) is 0 Å². The maximum Gasteiger partial charge on any atom is 0.523 e. The molecule has 139 valence electrons. The Kier molecular flexibility index (Phi) is 12.8. The Labute approximate surface area is 148 Å². The zero-order valence-electron chi connectivity index (χ0n) is 14.8. The molecule has 0 aliphatic rings. The summed E-state index contributed by atoms with van der Waals surface area (Å²) in [5.74, 6) is 0. The molecule has 0 aromatic heterocycles. The smallest absolute Gasteiger partial charge is 0.273 e. The average Bonchev–Trinajstić information content (AvgIpc) is 2.58. The monoisotopic (exact) mass is 351 g/mol.